The third-order valence-corrected chi connectivity index (χ3v) is 4.10. The molecule has 20 heavy (non-hydrogen) atoms. The molecule has 0 spiro atoms. The molecule has 1 heteroatoms. The second-order valence-corrected chi connectivity index (χ2v) is 6.05. The highest BCUT2D eigenvalue weighted by Gasteiger charge is 2.24. The highest BCUT2D eigenvalue weighted by atomic mass is 16.1. The maximum absolute atomic E-state index is 12.8. The van der Waals surface area contributed by atoms with Crippen LogP contribution in [0, 0.1) is 5.92 Å². The highest BCUT2D eigenvalue weighted by Crippen LogP contribution is 2.30. The lowest BCUT2D eigenvalue weighted by atomic mass is 9.81. The Bertz CT molecular complexity index is 653. The molecule has 0 bridgehead atoms. The molecule has 1 nitrogen and oxygen atoms in total. The van der Waals surface area contributed by atoms with Gasteiger partial charge in [0.05, 0.1) is 0 Å². The Balaban J connectivity index is 2.03. The summed E-state index contributed by atoms with van der Waals surface area (Å²) in [7, 11) is 0. The number of benzene rings is 2. The summed E-state index contributed by atoms with van der Waals surface area (Å²) in [6.07, 6.45) is 3.01. The summed E-state index contributed by atoms with van der Waals surface area (Å²) in [4.78, 5) is 12.8. The van der Waals surface area contributed by atoms with Gasteiger partial charge >= 0.3 is 0 Å². The molecule has 3 rings (SSSR count). The lowest BCUT2D eigenvalue weighted by Gasteiger charge is -2.21. The van der Waals surface area contributed by atoms with Gasteiger partial charge in [-0.05, 0) is 41.9 Å². The Hall–Kier alpha value is -1.89. The molecule has 0 radical (unpaired) electrons. The minimum Gasteiger partial charge on any atom is -0.289 e. The standard InChI is InChI=1S/C19H20O/c1-13(2)10-11-14-7-5-8-16-12-15-6-3-4-9-17(15)19(20)18(14)16/h3-9,13H,10-12H2,1-2H3. The van der Waals surface area contributed by atoms with E-state index in [4.69, 9.17) is 0 Å². The first-order valence-electron chi connectivity index (χ1n) is 7.40. The lowest BCUT2D eigenvalue weighted by Crippen LogP contribution is -2.17. The molecule has 0 unspecified atom stereocenters. The first-order chi connectivity index (χ1) is 9.66. The molecular formula is C19H20O. The summed E-state index contributed by atoms with van der Waals surface area (Å²) in [6.45, 7) is 4.46. The Morgan fingerprint density at radius 3 is 2.55 bits per heavy atom. The quantitative estimate of drug-likeness (QED) is 0.685. The van der Waals surface area contributed by atoms with Crippen LogP contribution < -0.4 is 0 Å². The van der Waals surface area contributed by atoms with Crippen molar-refractivity contribution in [1.82, 2.24) is 0 Å². The van der Waals surface area contributed by atoms with Gasteiger partial charge in [0.1, 0.15) is 0 Å². The predicted octanol–water partition coefficient (Wildman–Crippen LogP) is 4.41. The number of carbonyl (C=O) groups is 1. The number of aryl methyl sites for hydroxylation is 1. The van der Waals surface area contributed by atoms with Gasteiger partial charge in [-0.25, -0.2) is 0 Å². The van der Waals surface area contributed by atoms with E-state index in [1.807, 2.05) is 18.2 Å². The van der Waals surface area contributed by atoms with Crippen LogP contribution in [0.1, 0.15) is 52.9 Å². The number of rotatable bonds is 3. The zero-order valence-electron chi connectivity index (χ0n) is 12.1. The molecule has 2 aromatic carbocycles. The maximum Gasteiger partial charge on any atom is 0.193 e. The van der Waals surface area contributed by atoms with Crippen LogP contribution in [-0.4, -0.2) is 5.78 Å². The lowest BCUT2D eigenvalue weighted by molar-refractivity contribution is 0.103. The molecule has 1 aliphatic rings. The Kier molecular flexibility index (Phi) is 3.43. The van der Waals surface area contributed by atoms with E-state index < -0.39 is 0 Å². The molecule has 0 aliphatic heterocycles. The van der Waals surface area contributed by atoms with Crippen LogP contribution in [0.2, 0.25) is 0 Å². The first kappa shape index (κ1) is 13.1. The SMILES string of the molecule is CC(C)CCc1cccc2c1C(=O)c1ccccc1C2. The molecule has 102 valence electrons. The Labute approximate surface area is 120 Å². The fourth-order valence-electron chi connectivity index (χ4n) is 2.98. The van der Waals surface area contributed by atoms with Crippen molar-refractivity contribution in [2.45, 2.75) is 33.1 Å². The summed E-state index contributed by atoms with van der Waals surface area (Å²) in [5, 5.41) is 0. The van der Waals surface area contributed by atoms with Crippen molar-refractivity contribution in [1.29, 1.82) is 0 Å². The largest absolute Gasteiger partial charge is 0.289 e. The molecule has 0 amide bonds. The van der Waals surface area contributed by atoms with Crippen LogP contribution in [0.5, 0.6) is 0 Å². The minimum absolute atomic E-state index is 0.209. The second-order valence-electron chi connectivity index (χ2n) is 6.05. The molecule has 0 saturated carbocycles. The van der Waals surface area contributed by atoms with Crippen molar-refractivity contribution in [3.8, 4) is 0 Å². The molecule has 0 fully saturated rings. The van der Waals surface area contributed by atoms with Gasteiger partial charge in [0.2, 0.25) is 0 Å². The van der Waals surface area contributed by atoms with Crippen LogP contribution in [0.15, 0.2) is 42.5 Å². The van der Waals surface area contributed by atoms with E-state index >= 15 is 0 Å². The number of carbonyl (C=O) groups excluding carboxylic acids is 1. The van der Waals surface area contributed by atoms with Gasteiger partial charge in [-0.3, -0.25) is 4.79 Å². The normalized spacial score (nSPS) is 13.2. The van der Waals surface area contributed by atoms with E-state index in [0.29, 0.717) is 5.92 Å². The van der Waals surface area contributed by atoms with Crippen molar-refractivity contribution < 1.29 is 4.79 Å². The summed E-state index contributed by atoms with van der Waals surface area (Å²) >= 11 is 0. The monoisotopic (exact) mass is 264 g/mol. The van der Waals surface area contributed by atoms with Crippen molar-refractivity contribution in [3.63, 3.8) is 0 Å². The summed E-state index contributed by atoms with van der Waals surface area (Å²) < 4.78 is 0. The number of fused-ring (bicyclic) bond motifs is 2. The predicted molar refractivity (Wildman–Crippen MR) is 82.3 cm³/mol. The third-order valence-electron chi connectivity index (χ3n) is 4.10. The molecular weight excluding hydrogens is 244 g/mol. The van der Waals surface area contributed by atoms with Crippen LogP contribution in [0.4, 0.5) is 0 Å². The molecule has 1 aliphatic carbocycles. The van der Waals surface area contributed by atoms with Gasteiger partial charge in [-0.2, -0.15) is 0 Å². The average molecular weight is 264 g/mol. The van der Waals surface area contributed by atoms with Crippen LogP contribution in [0.3, 0.4) is 0 Å². The van der Waals surface area contributed by atoms with Crippen molar-refractivity contribution in [2.75, 3.05) is 0 Å². The van der Waals surface area contributed by atoms with Gasteiger partial charge < -0.3 is 0 Å². The topological polar surface area (TPSA) is 17.1 Å². The number of hydrogen-bond acceptors (Lipinski definition) is 1. The smallest absolute Gasteiger partial charge is 0.193 e. The number of ketones is 1. The Morgan fingerprint density at radius 1 is 1.00 bits per heavy atom. The molecule has 0 saturated heterocycles. The molecule has 0 heterocycles. The van der Waals surface area contributed by atoms with E-state index in [1.165, 1.54) is 11.1 Å². The van der Waals surface area contributed by atoms with Gasteiger partial charge in [0.25, 0.3) is 0 Å². The van der Waals surface area contributed by atoms with E-state index in [-0.39, 0.29) is 5.78 Å². The molecule has 0 N–H and O–H groups in total. The fraction of sp³-hybridized carbons (Fsp3) is 0.316. The van der Waals surface area contributed by atoms with E-state index in [9.17, 15) is 4.79 Å². The van der Waals surface area contributed by atoms with Crippen molar-refractivity contribution >= 4 is 5.78 Å². The highest BCUT2D eigenvalue weighted by molar-refractivity contribution is 6.13. The minimum atomic E-state index is 0.209. The van der Waals surface area contributed by atoms with Gasteiger partial charge in [-0.1, -0.05) is 56.3 Å². The van der Waals surface area contributed by atoms with E-state index in [2.05, 4.69) is 38.1 Å². The van der Waals surface area contributed by atoms with Gasteiger partial charge in [-0.15, -0.1) is 0 Å². The van der Waals surface area contributed by atoms with Crippen LogP contribution in [-0.2, 0) is 12.8 Å². The van der Waals surface area contributed by atoms with Crippen molar-refractivity contribution in [3.05, 3.63) is 70.3 Å². The maximum atomic E-state index is 12.8. The van der Waals surface area contributed by atoms with E-state index in [1.54, 1.807) is 0 Å². The number of hydrogen-bond donors (Lipinski definition) is 0. The van der Waals surface area contributed by atoms with Gasteiger partial charge in [0, 0.05) is 11.1 Å². The summed E-state index contributed by atoms with van der Waals surface area (Å²) in [5.41, 5.74) is 5.42. The van der Waals surface area contributed by atoms with Crippen LogP contribution >= 0.6 is 0 Å². The first-order valence-corrected chi connectivity index (χ1v) is 7.40. The average Bonchev–Trinajstić information content (AvgIpc) is 2.45. The van der Waals surface area contributed by atoms with Crippen LogP contribution in [0.25, 0.3) is 0 Å². The zero-order chi connectivity index (χ0) is 14.1. The third kappa shape index (κ3) is 2.29. The molecule has 2 aromatic rings. The second kappa shape index (κ2) is 5.24. The van der Waals surface area contributed by atoms with Crippen molar-refractivity contribution in [2.24, 2.45) is 5.92 Å². The zero-order valence-corrected chi connectivity index (χ0v) is 12.1. The fourth-order valence-corrected chi connectivity index (χ4v) is 2.98. The molecule has 0 atom stereocenters. The Morgan fingerprint density at radius 2 is 1.75 bits per heavy atom. The summed E-state index contributed by atoms with van der Waals surface area (Å²) in [6, 6.07) is 14.3. The van der Waals surface area contributed by atoms with E-state index in [0.717, 1.165) is 36.0 Å². The molecule has 0 aromatic heterocycles. The summed E-state index contributed by atoms with van der Waals surface area (Å²) in [5.74, 6) is 0.873. The van der Waals surface area contributed by atoms with Gasteiger partial charge in [0.15, 0.2) is 5.78 Å².